The molecule has 0 aromatic heterocycles. The summed E-state index contributed by atoms with van der Waals surface area (Å²) in [4.78, 5) is 12.1. The maximum absolute atomic E-state index is 13.5. The van der Waals surface area contributed by atoms with E-state index in [1.807, 2.05) is 0 Å². The van der Waals surface area contributed by atoms with Gasteiger partial charge in [0.15, 0.2) is 5.78 Å². The van der Waals surface area contributed by atoms with Crippen LogP contribution in [0.1, 0.15) is 15.9 Å². The molecule has 0 bridgehead atoms. The molecule has 0 radical (unpaired) electrons. The first-order chi connectivity index (χ1) is 8.09. The molecular formula is C13H9FINO. The van der Waals surface area contributed by atoms with Crippen LogP contribution in [0.15, 0.2) is 42.5 Å². The zero-order chi connectivity index (χ0) is 12.4. The van der Waals surface area contributed by atoms with Gasteiger partial charge >= 0.3 is 0 Å². The van der Waals surface area contributed by atoms with Crippen LogP contribution in [-0.2, 0) is 0 Å². The molecule has 0 fully saturated rings. The van der Waals surface area contributed by atoms with Gasteiger partial charge < -0.3 is 5.73 Å². The Morgan fingerprint density at radius 2 is 1.82 bits per heavy atom. The molecule has 0 spiro atoms. The molecule has 0 saturated heterocycles. The standard InChI is InChI=1S/C13H9FINO/c14-11-4-2-1-3-9(11)13(17)10-7-8(15)5-6-12(10)16/h1-7H,16H2. The molecule has 4 heteroatoms. The molecule has 0 unspecified atom stereocenters. The molecule has 0 aliphatic heterocycles. The number of halogens is 2. The fourth-order valence-electron chi connectivity index (χ4n) is 1.52. The highest BCUT2D eigenvalue weighted by atomic mass is 127. The van der Waals surface area contributed by atoms with Crippen molar-refractivity contribution in [1.29, 1.82) is 0 Å². The summed E-state index contributed by atoms with van der Waals surface area (Å²) in [6, 6.07) is 11.0. The van der Waals surface area contributed by atoms with Gasteiger partial charge in [0.05, 0.1) is 5.56 Å². The van der Waals surface area contributed by atoms with Crippen LogP contribution >= 0.6 is 22.6 Å². The lowest BCUT2D eigenvalue weighted by Gasteiger charge is -2.06. The molecule has 17 heavy (non-hydrogen) atoms. The molecule has 2 rings (SSSR count). The van der Waals surface area contributed by atoms with Crippen LogP contribution in [0.25, 0.3) is 0 Å². The second-order valence-electron chi connectivity index (χ2n) is 3.54. The van der Waals surface area contributed by atoms with E-state index >= 15 is 0 Å². The lowest BCUT2D eigenvalue weighted by Crippen LogP contribution is -2.07. The van der Waals surface area contributed by atoms with Gasteiger partial charge in [-0.05, 0) is 52.9 Å². The quantitative estimate of drug-likeness (QED) is 0.518. The topological polar surface area (TPSA) is 43.1 Å². The second kappa shape index (κ2) is 4.83. The van der Waals surface area contributed by atoms with Gasteiger partial charge in [0.2, 0.25) is 0 Å². The Labute approximate surface area is 112 Å². The molecule has 2 aromatic carbocycles. The first-order valence-corrected chi connectivity index (χ1v) is 6.01. The lowest BCUT2D eigenvalue weighted by atomic mass is 10.0. The van der Waals surface area contributed by atoms with Gasteiger partial charge in [0, 0.05) is 14.8 Å². The molecule has 0 heterocycles. The number of anilines is 1. The highest BCUT2D eigenvalue weighted by molar-refractivity contribution is 14.1. The minimum atomic E-state index is -0.532. The van der Waals surface area contributed by atoms with Crippen LogP contribution in [0.5, 0.6) is 0 Å². The van der Waals surface area contributed by atoms with Crippen molar-refractivity contribution in [3.8, 4) is 0 Å². The number of nitrogens with two attached hydrogens (primary N) is 1. The first-order valence-electron chi connectivity index (χ1n) is 4.94. The van der Waals surface area contributed by atoms with E-state index in [4.69, 9.17) is 5.73 Å². The smallest absolute Gasteiger partial charge is 0.198 e. The summed E-state index contributed by atoms with van der Waals surface area (Å²) in [6.07, 6.45) is 0. The minimum absolute atomic E-state index is 0.0428. The third-order valence-corrected chi connectivity index (χ3v) is 3.05. The minimum Gasteiger partial charge on any atom is -0.398 e. The summed E-state index contributed by atoms with van der Waals surface area (Å²) < 4.78 is 14.4. The SMILES string of the molecule is Nc1ccc(I)cc1C(=O)c1ccccc1F. The van der Waals surface area contributed by atoms with Crippen molar-refractivity contribution in [2.45, 2.75) is 0 Å². The van der Waals surface area contributed by atoms with Crippen molar-refractivity contribution in [1.82, 2.24) is 0 Å². The largest absolute Gasteiger partial charge is 0.398 e. The summed E-state index contributed by atoms with van der Waals surface area (Å²) in [5.41, 5.74) is 6.47. The van der Waals surface area contributed by atoms with Gasteiger partial charge in [-0.1, -0.05) is 12.1 Å². The number of rotatable bonds is 2. The van der Waals surface area contributed by atoms with Gasteiger partial charge in [-0.2, -0.15) is 0 Å². The Kier molecular flexibility index (Phi) is 3.42. The third-order valence-electron chi connectivity index (χ3n) is 2.38. The van der Waals surface area contributed by atoms with Crippen LogP contribution in [0, 0.1) is 9.39 Å². The second-order valence-corrected chi connectivity index (χ2v) is 4.79. The maximum atomic E-state index is 13.5. The zero-order valence-corrected chi connectivity index (χ0v) is 10.9. The van der Waals surface area contributed by atoms with Crippen molar-refractivity contribution < 1.29 is 9.18 Å². The monoisotopic (exact) mass is 341 g/mol. The van der Waals surface area contributed by atoms with E-state index in [1.54, 1.807) is 30.3 Å². The molecular weight excluding hydrogens is 332 g/mol. The fourth-order valence-corrected chi connectivity index (χ4v) is 2.01. The number of carbonyl (C=O) groups excluding carboxylic acids is 1. The van der Waals surface area contributed by atoms with Crippen LogP contribution in [-0.4, -0.2) is 5.78 Å². The lowest BCUT2D eigenvalue weighted by molar-refractivity contribution is 0.103. The number of hydrogen-bond donors (Lipinski definition) is 1. The highest BCUT2D eigenvalue weighted by Gasteiger charge is 2.15. The van der Waals surface area contributed by atoms with E-state index in [2.05, 4.69) is 22.6 Å². The van der Waals surface area contributed by atoms with Crippen molar-refractivity contribution in [2.75, 3.05) is 5.73 Å². The molecule has 0 atom stereocenters. The fraction of sp³-hybridized carbons (Fsp3) is 0. The Bertz CT molecular complexity index is 583. The van der Waals surface area contributed by atoms with Crippen molar-refractivity contribution in [2.24, 2.45) is 0 Å². The summed E-state index contributed by atoms with van der Waals surface area (Å²) in [7, 11) is 0. The van der Waals surface area contributed by atoms with Crippen molar-refractivity contribution in [3.05, 3.63) is 63.0 Å². The molecule has 2 N–H and O–H groups in total. The summed E-state index contributed by atoms with van der Waals surface area (Å²) in [5.74, 6) is -0.921. The van der Waals surface area contributed by atoms with E-state index in [-0.39, 0.29) is 11.3 Å². The van der Waals surface area contributed by atoms with Crippen LogP contribution in [0.4, 0.5) is 10.1 Å². The van der Waals surface area contributed by atoms with Gasteiger partial charge in [-0.3, -0.25) is 4.79 Å². The maximum Gasteiger partial charge on any atom is 0.198 e. The predicted octanol–water partition coefficient (Wildman–Crippen LogP) is 3.24. The Balaban J connectivity index is 2.51. The number of nitrogen functional groups attached to an aromatic ring is 1. The Morgan fingerprint density at radius 3 is 2.53 bits per heavy atom. The molecule has 0 saturated carbocycles. The van der Waals surface area contributed by atoms with E-state index in [9.17, 15) is 9.18 Å². The molecule has 0 amide bonds. The third kappa shape index (κ3) is 2.46. The number of benzene rings is 2. The predicted molar refractivity (Wildman–Crippen MR) is 73.4 cm³/mol. The average Bonchev–Trinajstić information content (AvgIpc) is 2.32. The summed E-state index contributed by atoms with van der Waals surface area (Å²) in [5, 5.41) is 0. The first kappa shape index (κ1) is 12.0. The van der Waals surface area contributed by atoms with Gasteiger partial charge in [0.1, 0.15) is 5.82 Å². The Hall–Kier alpha value is -1.43. The van der Waals surface area contributed by atoms with Gasteiger partial charge in [-0.25, -0.2) is 4.39 Å². The van der Waals surface area contributed by atoms with E-state index in [1.165, 1.54) is 12.1 Å². The average molecular weight is 341 g/mol. The molecule has 86 valence electrons. The van der Waals surface area contributed by atoms with Gasteiger partial charge in [-0.15, -0.1) is 0 Å². The highest BCUT2D eigenvalue weighted by Crippen LogP contribution is 2.20. The number of carbonyl (C=O) groups is 1. The van der Waals surface area contributed by atoms with E-state index in [0.717, 1.165) is 3.57 Å². The molecule has 0 aliphatic rings. The van der Waals surface area contributed by atoms with E-state index < -0.39 is 5.82 Å². The van der Waals surface area contributed by atoms with Crippen LogP contribution < -0.4 is 5.73 Å². The van der Waals surface area contributed by atoms with Crippen molar-refractivity contribution in [3.63, 3.8) is 0 Å². The van der Waals surface area contributed by atoms with Crippen LogP contribution in [0.2, 0.25) is 0 Å². The molecule has 2 nitrogen and oxygen atoms in total. The van der Waals surface area contributed by atoms with Crippen LogP contribution in [0.3, 0.4) is 0 Å². The molecule has 0 aliphatic carbocycles. The normalized spacial score (nSPS) is 10.2. The zero-order valence-electron chi connectivity index (χ0n) is 8.78. The Morgan fingerprint density at radius 1 is 1.12 bits per heavy atom. The summed E-state index contributed by atoms with van der Waals surface area (Å²) >= 11 is 2.08. The van der Waals surface area contributed by atoms with E-state index in [0.29, 0.717) is 11.3 Å². The molecule has 2 aromatic rings. The van der Waals surface area contributed by atoms with Crippen molar-refractivity contribution >= 4 is 34.1 Å². The number of hydrogen-bond acceptors (Lipinski definition) is 2. The summed E-state index contributed by atoms with van der Waals surface area (Å²) in [6.45, 7) is 0. The van der Waals surface area contributed by atoms with Gasteiger partial charge in [0.25, 0.3) is 0 Å². The number of ketones is 1.